The molecular formula is C24H54N6OS. The van der Waals surface area contributed by atoms with Crippen LogP contribution < -0.4 is 11.1 Å². The lowest BCUT2D eigenvalue weighted by Gasteiger charge is -2.35. The minimum absolute atomic E-state index is 0.127. The number of hydrogen-bond acceptors (Lipinski definition) is 8. The third kappa shape index (κ3) is 17.6. The molecule has 2 saturated heterocycles. The van der Waals surface area contributed by atoms with E-state index in [4.69, 9.17) is 10.5 Å². The number of likely N-dealkylation sites (N-methyl/N-ethyl adjacent to an activating group) is 2. The van der Waals surface area contributed by atoms with Crippen molar-refractivity contribution >= 4 is 11.8 Å². The molecule has 0 radical (unpaired) electrons. The van der Waals surface area contributed by atoms with Crippen molar-refractivity contribution in [1.29, 1.82) is 0 Å². The molecule has 2 fully saturated rings. The van der Waals surface area contributed by atoms with Crippen LogP contribution in [0, 0.1) is 0 Å². The summed E-state index contributed by atoms with van der Waals surface area (Å²) >= 11 is 1.88. The first kappa shape index (κ1) is 33.2. The standard InChI is InChI=1S/C10H21N3O.C10H21N3S.2C2H6/c1-9(11)8-14-10(2)13-6-4-12(3)5-7-13;1-10(11-2)8-14-9-13-6-4-12(3)5-7-13;2*1-2/h8,10H,4-7,11H2,1-3H3;8,11H,4-7,9H2,1-3H3;2*1-2H3/b9-8-;10-8-;;. The van der Waals surface area contributed by atoms with Gasteiger partial charge in [0.05, 0.1) is 0 Å². The maximum absolute atomic E-state index is 5.50. The molecule has 2 aliphatic rings. The molecule has 0 spiro atoms. The fraction of sp³-hybridized carbons (Fsp3) is 0.833. The van der Waals surface area contributed by atoms with E-state index < -0.39 is 0 Å². The Bertz CT molecular complexity index is 469. The Balaban J connectivity index is 0. The Morgan fingerprint density at radius 3 is 1.84 bits per heavy atom. The van der Waals surface area contributed by atoms with E-state index in [2.05, 4.69) is 58.3 Å². The van der Waals surface area contributed by atoms with Crippen molar-refractivity contribution < 1.29 is 4.74 Å². The molecule has 3 N–H and O–H groups in total. The van der Waals surface area contributed by atoms with E-state index in [-0.39, 0.29) is 6.23 Å². The van der Waals surface area contributed by atoms with Gasteiger partial charge in [0.1, 0.15) is 12.5 Å². The van der Waals surface area contributed by atoms with Crippen LogP contribution in [0.15, 0.2) is 23.1 Å². The minimum atomic E-state index is 0.127. The average Bonchev–Trinajstić information content (AvgIpc) is 2.82. The minimum Gasteiger partial charge on any atom is -0.481 e. The van der Waals surface area contributed by atoms with Gasteiger partial charge in [-0.2, -0.15) is 0 Å². The molecule has 0 bridgehead atoms. The van der Waals surface area contributed by atoms with Gasteiger partial charge in [-0.05, 0) is 40.3 Å². The molecule has 2 aliphatic heterocycles. The van der Waals surface area contributed by atoms with Gasteiger partial charge in [0.25, 0.3) is 0 Å². The first-order valence-corrected chi connectivity index (χ1v) is 13.2. The second kappa shape index (κ2) is 21.9. The molecule has 192 valence electrons. The van der Waals surface area contributed by atoms with Crippen LogP contribution in [0.2, 0.25) is 0 Å². The molecule has 7 nitrogen and oxygen atoms in total. The van der Waals surface area contributed by atoms with Crippen molar-refractivity contribution in [2.75, 3.05) is 79.4 Å². The highest BCUT2D eigenvalue weighted by molar-refractivity contribution is 8.02. The Morgan fingerprint density at radius 2 is 1.41 bits per heavy atom. The Morgan fingerprint density at radius 1 is 0.938 bits per heavy atom. The summed E-state index contributed by atoms with van der Waals surface area (Å²) in [5.41, 5.74) is 7.46. The zero-order chi connectivity index (χ0) is 24.9. The van der Waals surface area contributed by atoms with Gasteiger partial charge < -0.3 is 25.6 Å². The summed E-state index contributed by atoms with van der Waals surface area (Å²) in [5.74, 6) is 1.12. The highest BCUT2D eigenvalue weighted by Crippen LogP contribution is 2.10. The van der Waals surface area contributed by atoms with Crippen LogP contribution in [-0.4, -0.2) is 105 Å². The summed E-state index contributed by atoms with van der Waals surface area (Å²) in [6.07, 6.45) is 1.75. The van der Waals surface area contributed by atoms with Crippen LogP contribution in [0.5, 0.6) is 0 Å². The van der Waals surface area contributed by atoms with Crippen molar-refractivity contribution in [1.82, 2.24) is 24.9 Å². The zero-order valence-electron chi connectivity index (χ0n) is 22.8. The molecule has 0 aromatic heterocycles. The number of allylic oxidation sites excluding steroid dienone is 2. The Kier molecular flexibility index (Phi) is 22.7. The van der Waals surface area contributed by atoms with Gasteiger partial charge in [0.15, 0.2) is 0 Å². The number of rotatable bonds is 7. The number of nitrogens with one attached hydrogen (secondary N) is 1. The Hall–Kier alpha value is -0.930. The summed E-state index contributed by atoms with van der Waals surface area (Å²) in [4.78, 5) is 9.53. The van der Waals surface area contributed by atoms with Crippen molar-refractivity contribution in [2.45, 2.75) is 54.7 Å². The average molecular weight is 475 g/mol. The lowest BCUT2D eigenvalue weighted by Crippen LogP contribution is -2.48. The molecule has 1 unspecified atom stereocenters. The van der Waals surface area contributed by atoms with Crippen molar-refractivity contribution in [3.63, 3.8) is 0 Å². The molecule has 0 aromatic rings. The van der Waals surface area contributed by atoms with E-state index >= 15 is 0 Å². The van der Waals surface area contributed by atoms with E-state index in [9.17, 15) is 0 Å². The molecule has 1 atom stereocenters. The molecule has 2 rings (SSSR count). The number of ether oxygens (including phenoxy) is 1. The van der Waals surface area contributed by atoms with Crippen LogP contribution in [0.1, 0.15) is 48.5 Å². The van der Waals surface area contributed by atoms with Gasteiger partial charge in [-0.15, -0.1) is 11.8 Å². The van der Waals surface area contributed by atoms with Gasteiger partial charge in [0, 0.05) is 76.7 Å². The van der Waals surface area contributed by atoms with E-state index in [0.29, 0.717) is 5.70 Å². The fourth-order valence-electron chi connectivity index (χ4n) is 2.78. The number of nitrogens with zero attached hydrogens (tertiary/aromatic N) is 4. The SMILES string of the molecule is C/C(N)=C/OC(C)N1CCN(C)CC1.CC.CC.CN/C(C)=C\SCN1CCN(C)CC1. The molecule has 0 aliphatic carbocycles. The quantitative estimate of drug-likeness (QED) is 0.544. The monoisotopic (exact) mass is 474 g/mol. The predicted molar refractivity (Wildman–Crippen MR) is 145 cm³/mol. The lowest BCUT2D eigenvalue weighted by molar-refractivity contribution is -0.0191. The van der Waals surface area contributed by atoms with E-state index in [0.717, 1.165) is 32.1 Å². The third-order valence-corrected chi connectivity index (χ3v) is 6.04. The van der Waals surface area contributed by atoms with Gasteiger partial charge in [-0.3, -0.25) is 9.80 Å². The molecule has 0 amide bonds. The largest absolute Gasteiger partial charge is 0.481 e. The molecule has 32 heavy (non-hydrogen) atoms. The smallest absolute Gasteiger partial charge is 0.149 e. The van der Waals surface area contributed by atoms with Crippen LogP contribution >= 0.6 is 11.8 Å². The van der Waals surface area contributed by atoms with Crippen LogP contribution in [0.3, 0.4) is 0 Å². The zero-order valence-corrected chi connectivity index (χ0v) is 23.6. The molecule has 8 heteroatoms. The van der Waals surface area contributed by atoms with Gasteiger partial charge in [-0.1, -0.05) is 27.7 Å². The van der Waals surface area contributed by atoms with Crippen LogP contribution in [0.4, 0.5) is 0 Å². The van der Waals surface area contributed by atoms with Crippen LogP contribution in [-0.2, 0) is 4.74 Å². The summed E-state index contributed by atoms with van der Waals surface area (Å²) in [6, 6.07) is 0. The summed E-state index contributed by atoms with van der Waals surface area (Å²) in [7, 11) is 6.30. The van der Waals surface area contributed by atoms with Crippen molar-refractivity contribution in [2.24, 2.45) is 5.73 Å². The van der Waals surface area contributed by atoms with Gasteiger partial charge >= 0.3 is 0 Å². The van der Waals surface area contributed by atoms with Gasteiger partial charge in [0.2, 0.25) is 0 Å². The highest BCUT2D eigenvalue weighted by Gasteiger charge is 2.19. The molecule has 0 aromatic carbocycles. The van der Waals surface area contributed by atoms with E-state index in [1.807, 2.05) is 53.4 Å². The Labute approximate surface area is 204 Å². The van der Waals surface area contributed by atoms with Crippen molar-refractivity contribution in [3.8, 4) is 0 Å². The maximum atomic E-state index is 5.50. The molecule has 0 saturated carbocycles. The lowest BCUT2D eigenvalue weighted by atomic mass is 10.3. The van der Waals surface area contributed by atoms with Crippen molar-refractivity contribution in [3.05, 3.63) is 23.1 Å². The number of hydrogen-bond donors (Lipinski definition) is 2. The fourth-order valence-corrected chi connectivity index (χ4v) is 3.69. The second-order valence-corrected chi connectivity index (χ2v) is 8.53. The number of thioether (sulfide) groups is 1. The number of nitrogens with two attached hydrogens (primary N) is 1. The third-order valence-electron chi connectivity index (χ3n) is 5.01. The molecular weight excluding hydrogens is 420 g/mol. The predicted octanol–water partition coefficient (Wildman–Crippen LogP) is 3.47. The highest BCUT2D eigenvalue weighted by atomic mass is 32.2. The normalized spacial score (nSPS) is 19.9. The topological polar surface area (TPSA) is 60.2 Å². The van der Waals surface area contributed by atoms with Crippen LogP contribution in [0.25, 0.3) is 0 Å². The number of piperazine rings is 2. The summed E-state index contributed by atoms with van der Waals surface area (Å²) < 4.78 is 5.50. The van der Waals surface area contributed by atoms with E-state index in [1.54, 1.807) is 6.26 Å². The second-order valence-electron chi connectivity index (χ2n) is 7.70. The molecule has 2 heterocycles. The maximum Gasteiger partial charge on any atom is 0.149 e. The first-order valence-electron chi connectivity index (χ1n) is 12.2. The first-order chi connectivity index (χ1) is 15.3. The summed E-state index contributed by atoms with van der Waals surface area (Å²) in [6.45, 7) is 23.1. The van der Waals surface area contributed by atoms with Gasteiger partial charge in [-0.25, -0.2) is 0 Å². The summed E-state index contributed by atoms with van der Waals surface area (Å²) in [5, 5.41) is 5.32. The van der Waals surface area contributed by atoms with E-state index in [1.165, 1.54) is 31.9 Å².